The standard InChI is InChI=1S/C14H22N4O/c1-3-11-10-17(2)8-5-9-18(11)14(19)13-12(15)6-4-7-16-13/h4,6-7,11H,3,5,8-10,15H2,1-2H3. The highest BCUT2D eigenvalue weighted by molar-refractivity contribution is 5.97. The Balaban J connectivity index is 2.23. The quantitative estimate of drug-likeness (QED) is 0.870. The number of nitrogen functional groups attached to an aromatic ring is 1. The van der Waals surface area contributed by atoms with Gasteiger partial charge < -0.3 is 15.5 Å². The molecule has 0 aliphatic carbocycles. The second-order valence-corrected chi connectivity index (χ2v) is 5.12. The number of rotatable bonds is 2. The first-order chi connectivity index (χ1) is 9.13. The van der Waals surface area contributed by atoms with Gasteiger partial charge in [-0.3, -0.25) is 4.79 Å². The summed E-state index contributed by atoms with van der Waals surface area (Å²) in [5.74, 6) is -0.0414. The molecule has 2 heterocycles. The lowest BCUT2D eigenvalue weighted by molar-refractivity contribution is 0.0671. The summed E-state index contributed by atoms with van der Waals surface area (Å²) in [6.07, 6.45) is 3.56. The number of likely N-dealkylation sites (N-methyl/N-ethyl adjacent to an activating group) is 1. The topological polar surface area (TPSA) is 62.5 Å². The average Bonchev–Trinajstić information content (AvgIpc) is 2.60. The highest BCUT2D eigenvalue weighted by Crippen LogP contribution is 2.17. The van der Waals surface area contributed by atoms with Crippen LogP contribution in [0.4, 0.5) is 5.69 Å². The van der Waals surface area contributed by atoms with Gasteiger partial charge in [-0.15, -0.1) is 0 Å². The molecule has 5 heteroatoms. The van der Waals surface area contributed by atoms with Crippen molar-refractivity contribution in [1.82, 2.24) is 14.8 Å². The number of carbonyl (C=O) groups excluding carboxylic acids is 1. The summed E-state index contributed by atoms with van der Waals surface area (Å²) in [4.78, 5) is 21.0. The Labute approximate surface area is 114 Å². The summed E-state index contributed by atoms with van der Waals surface area (Å²) < 4.78 is 0. The summed E-state index contributed by atoms with van der Waals surface area (Å²) in [5.41, 5.74) is 6.70. The van der Waals surface area contributed by atoms with Crippen LogP contribution in [0.2, 0.25) is 0 Å². The molecule has 0 saturated carbocycles. The highest BCUT2D eigenvalue weighted by Gasteiger charge is 2.28. The third-order valence-electron chi connectivity index (χ3n) is 3.68. The number of aromatic nitrogens is 1. The minimum absolute atomic E-state index is 0.0414. The lowest BCUT2D eigenvalue weighted by atomic mass is 10.1. The molecule has 0 aromatic carbocycles. The Hall–Kier alpha value is -1.62. The van der Waals surface area contributed by atoms with E-state index in [2.05, 4.69) is 23.9 Å². The van der Waals surface area contributed by atoms with Crippen molar-refractivity contribution in [3.8, 4) is 0 Å². The normalized spacial score (nSPS) is 21.2. The minimum atomic E-state index is -0.0414. The van der Waals surface area contributed by atoms with Crippen LogP contribution >= 0.6 is 0 Å². The van der Waals surface area contributed by atoms with E-state index in [4.69, 9.17) is 5.73 Å². The van der Waals surface area contributed by atoms with Gasteiger partial charge in [-0.25, -0.2) is 4.98 Å². The Kier molecular flexibility index (Phi) is 4.37. The molecule has 5 nitrogen and oxygen atoms in total. The Morgan fingerprint density at radius 2 is 2.32 bits per heavy atom. The SMILES string of the molecule is CCC1CN(C)CCCN1C(=O)c1ncccc1N. The maximum atomic E-state index is 12.6. The molecule has 1 aliphatic rings. The molecule has 2 N–H and O–H groups in total. The predicted molar refractivity (Wildman–Crippen MR) is 75.9 cm³/mol. The Morgan fingerprint density at radius 3 is 3.00 bits per heavy atom. The molecule has 0 spiro atoms. The van der Waals surface area contributed by atoms with Gasteiger partial charge in [0.05, 0.1) is 5.69 Å². The fourth-order valence-electron chi connectivity index (χ4n) is 2.59. The van der Waals surface area contributed by atoms with Crippen LogP contribution in [0.3, 0.4) is 0 Å². The number of nitrogens with zero attached hydrogens (tertiary/aromatic N) is 3. The second-order valence-electron chi connectivity index (χ2n) is 5.12. The van der Waals surface area contributed by atoms with Gasteiger partial charge in [0.25, 0.3) is 5.91 Å². The zero-order chi connectivity index (χ0) is 13.8. The predicted octanol–water partition coefficient (Wildman–Crippen LogP) is 1.22. The van der Waals surface area contributed by atoms with Crippen molar-refractivity contribution in [3.63, 3.8) is 0 Å². The number of hydrogen-bond acceptors (Lipinski definition) is 4. The zero-order valence-electron chi connectivity index (χ0n) is 11.7. The molecule has 1 fully saturated rings. The number of anilines is 1. The maximum absolute atomic E-state index is 12.6. The lowest BCUT2D eigenvalue weighted by Crippen LogP contribution is -2.44. The van der Waals surface area contributed by atoms with Crippen LogP contribution < -0.4 is 5.73 Å². The van der Waals surface area contributed by atoms with Crippen LogP contribution in [0.1, 0.15) is 30.3 Å². The summed E-state index contributed by atoms with van der Waals surface area (Å²) in [6.45, 7) is 4.83. The van der Waals surface area contributed by atoms with Gasteiger partial charge in [0, 0.05) is 25.3 Å². The zero-order valence-corrected chi connectivity index (χ0v) is 11.7. The van der Waals surface area contributed by atoms with E-state index >= 15 is 0 Å². The summed E-state index contributed by atoms with van der Waals surface area (Å²) >= 11 is 0. The molecule has 1 aromatic heterocycles. The van der Waals surface area contributed by atoms with E-state index in [1.807, 2.05) is 4.90 Å². The van der Waals surface area contributed by atoms with Crippen molar-refractivity contribution in [2.24, 2.45) is 0 Å². The van der Waals surface area contributed by atoms with Crippen molar-refractivity contribution in [2.45, 2.75) is 25.8 Å². The van der Waals surface area contributed by atoms with E-state index < -0.39 is 0 Å². The van der Waals surface area contributed by atoms with Gasteiger partial charge in [-0.05, 0) is 38.6 Å². The number of hydrogen-bond donors (Lipinski definition) is 1. The molecule has 1 amide bonds. The lowest BCUT2D eigenvalue weighted by Gasteiger charge is -2.30. The van der Waals surface area contributed by atoms with Crippen LogP contribution in [0.5, 0.6) is 0 Å². The van der Waals surface area contributed by atoms with Gasteiger partial charge in [0.1, 0.15) is 0 Å². The fraction of sp³-hybridized carbons (Fsp3) is 0.571. The molecule has 19 heavy (non-hydrogen) atoms. The third-order valence-corrected chi connectivity index (χ3v) is 3.68. The number of carbonyl (C=O) groups is 1. The van der Waals surface area contributed by atoms with E-state index in [-0.39, 0.29) is 11.9 Å². The molecule has 104 valence electrons. The molecule has 1 unspecified atom stereocenters. The molecule has 2 rings (SSSR count). The monoisotopic (exact) mass is 262 g/mol. The molecule has 1 atom stereocenters. The van der Waals surface area contributed by atoms with E-state index in [1.165, 1.54) is 0 Å². The van der Waals surface area contributed by atoms with Gasteiger partial charge in [0.2, 0.25) is 0 Å². The van der Waals surface area contributed by atoms with Crippen molar-refractivity contribution in [3.05, 3.63) is 24.0 Å². The van der Waals surface area contributed by atoms with Crippen molar-refractivity contribution < 1.29 is 4.79 Å². The first-order valence-electron chi connectivity index (χ1n) is 6.83. The van der Waals surface area contributed by atoms with E-state index in [0.717, 1.165) is 32.5 Å². The third kappa shape index (κ3) is 3.04. The van der Waals surface area contributed by atoms with Crippen LogP contribution in [0.25, 0.3) is 0 Å². The van der Waals surface area contributed by atoms with Gasteiger partial charge >= 0.3 is 0 Å². The molecule has 1 aliphatic heterocycles. The maximum Gasteiger partial charge on any atom is 0.274 e. The van der Waals surface area contributed by atoms with E-state index in [0.29, 0.717) is 11.4 Å². The van der Waals surface area contributed by atoms with Crippen LogP contribution in [0.15, 0.2) is 18.3 Å². The first-order valence-corrected chi connectivity index (χ1v) is 6.83. The number of amides is 1. The molecule has 0 radical (unpaired) electrons. The van der Waals surface area contributed by atoms with Gasteiger partial charge in [-0.2, -0.15) is 0 Å². The molecule has 0 bridgehead atoms. The molecule has 1 saturated heterocycles. The van der Waals surface area contributed by atoms with Crippen LogP contribution in [0, 0.1) is 0 Å². The number of nitrogens with two attached hydrogens (primary N) is 1. The second kappa shape index (κ2) is 6.02. The Bertz CT molecular complexity index is 449. The first kappa shape index (κ1) is 13.8. The summed E-state index contributed by atoms with van der Waals surface area (Å²) in [5, 5.41) is 0. The van der Waals surface area contributed by atoms with Crippen molar-refractivity contribution >= 4 is 11.6 Å². The molecular weight excluding hydrogens is 240 g/mol. The largest absolute Gasteiger partial charge is 0.397 e. The number of pyridine rings is 1. The smallest absolute Gasteiger partial charge is 0.274 e. The summed E-state index contributed by atoms with van der Waals surface area (Å²) in [6, 6.07) is 3.71. The van der Waals surface area contributed by atoms with E-state index in [1.54, 1.807) is 18.3 Å². The molecular formula is C14H22N4O. The Morgan fingerprint density at radius 1 is 1.53 bits per heavy atom. The van der Waals surface area contributed by atoms with Crippen LogP contribution in [-0.4, -0.2) is 53.4 Å². The van der Waals surface area contributed by atoms with E-state index in [9.17, 15) is 4.79 Å². The van der Waals surface area contributed by atoms with Gasteiger partial charge in [-0.1, -0.05) is 6.92 Å². The van der Waals surface area contributed by atoms with Crippen molar-refractivity contribution in [2.75, 3.05) is 32.4 Å². The van der Waals surface area contributed by atoms with Crippen molar-refractivity contribution in [1.29, 1.82) is 0 Å². The minimum Gasteiger partial charge on any atom is -0.397 e. The van der Waals surface area contributed by atoms with Gasteiger partial charge in [0.15, 0.2) is 5.69 Å². The van der Waals surface area contributed by atoms with Crippen LogP contribution in [-0.2, 0) is 0 Å². The highest BCUT2D eigenvalue weighted by atomic mass is 16.2. The average molecular weight is 262 g/mol. The fourth-order valence-corrected chi connectivity index (χ4v) is 2.59. The molecule has 1 aromatic rings. The summed E-state index contributed by atoms with van der Waals surface area (Å²) in [7, 11) is 2.10.